The number of nitrogens with one attached hydrogen (secondary N) is 1. The number of carboxylic acids is 1. The highest BCUT2D eigenvalue weighted by Gasteiger charge is 2.39. The van der Waals surface area contributed by atoms with Gasteiger partial charge in [0.2, 0.25) is 5.91 Å². The summed E-state index contributed by atoms with van der Waals surface area (Å²) in [5.74, 6) is -1.18. The molecular weight excluding hydrogens is 336 g/mol. The van der Waals surface area contributed by atoms with E-state index in [9.17, 15) is 14.4 Å². The van der Waals surface area contributed by atoms with Crippen LogP contribution in [0.25, 0.3) is 0 Å². The van der Waals surface area contributed by atoms with E-state index in [0.717, 1.165) is 4.90 Å². The molecule has 7 heteroatoms. The minimum absolute atomic E-state index is 0.0139. The Balaban J connectivity index is 1.80. The molecule has 2 amide bonds. The fourth-order valence-corrected chi connectivity index (χ4v) is 2.82. The van der Waals surface area contributed by atoms with Gasteiger partial charge < -0.3 is 15.2 Å². The summed E-state index contributed by atoms with van der Waals surface area (Å²) in [6.07, 6.45) is 0.0139. The number of para-hydroxylation sites is 2. The molecule has 0 saturated carbocycles. The molecule has 0 aromatic heterocycles. The van der Waals surface area contributed by atoms with Crippen LogP contribution >= 0.6 is 0 Å². The van der Waals surface area contributed by atoms with Crippen LogP contribution in [0.4, 0.5) is 11.4 Å². The molecule has 2 aromatic rings. The lowest BCUT2D eigenvalue weighted by Gasteiger charge is -2.17. The van der Waals surface area contributed by atoms with Gasteiger partial charge in [0.25, 0.3) is 5.91 Å². The van der Waals surface area contributed by atoms with Gasteiger partial charge in [0.15, 0.2) is 0 Å². The fraction of sp³-hybridized carbons (Fsp3) is 0.211. The van der Waals surface area contributed by atoms with E-state index in [1.54, 1.807) is 12.1 Å². The number of carboxylic acid groups (broad SMARTS) is 1. The van der Waals surface area contributed by atoms with Gasteiger partial charge >= 0.3 is 5.97 Å². The Kier molecular flexibility index (Phi) is 4.88. The molecular formula is C19H18N2O5. The van der Waals surface area contributed by atoms with Gasteiger partial charge in [0, 0.05) is 0 Å². The topological polar surface area (TPSA) is 95.9 Å². The number of aromatic carboxylic acids is 1. The number of anilines is 2. The van der Waals surface area contributed by atoms with E-state index in [0.29, 0.717) is 23.7 Å². The molecule has 1 saturated heterocycles. The molecule has 0 spiro atoms. The van der Waals surface area contributed by atoms with E-state index in [-0.39, 0.29) is 23.8 Å². The molecule has 1 atom stereocenters. The third-order valence-electron chi connectivity index (χ3n) is 4.04. The zero-order valence-electron chi connectivity index (χ0n) is 14.1. The number of hydrogen-bond donors (Lipinski definition) is 2. The summed E-state index contributed by atoms with van der Waals surface area (Å²) >= 11 is 0. The third-order valence-corrected chi connectivity index (χ3v) is 4.04. The summed E-state index contributed by atoms with van der Waals surface area (Å²) in [5.41, 5.74) is 1.09. The van der Waals surface area contributed by atoms with Gasteiger partial charge in [-0.3, -0.25) is 9.59 Å². The zero-order valence-corrected chi connectivity index (χ0v) is 14.1. The summed E-state index contributed by atoms with van der Waals surface area (Å²) < 4.78 is 5.53. The lowest BCUT2D eigenvalue weighted by atomic mass is 10.2. The molecule has 1 fully saturated rings. The van der Waals surface area contributed by atoms with Crippen LogP contribution in [0, 0.1) is 0 Å². The van der Waals surface area contributed by atoms with Crippen LogP contribution in [-0.2, 0) is 9.59 Å². The first-order valence-electron chi connectivity index (χ1n) is 8.19. The summed E-state index contributed by atoms with van der Waals surface area (Å²) in [6, 6.07) is 12.1. The number of carbonyl (C=O) groups excluding carboxylic acids is 2. The maximum Gasteiger partial charge on any atom is 0.335 e. The van der Waals surface area contributed by atoms with Crippen LogP contribution in [0.15, 0.2) is 48.5 Å². The van der Waals surface area contributed by atoms with Crippen molar-refractivity contribution in [2.75, 3.05) is 16.8 Å². The Labute approximate surface area is 150 Å². The van der Waals surface area contributed by atoms with Crippen molar-refractivity contribution in [1.29, 1.82) is 0 Å². The number of rotatable bonds is 6. The monoisotopic (exact) mass is 354 g/mol. The molecule has 26 heavy (non-hydrogen) atoms. The highest BCUT2D eigenvalue weighted by molar-refractivity contribution is 6.23. The molecule has 0 bridgehead atoms. The molecule has 7 nitrogen and oxygen atoms in total. The highest BCUT2D eigenvalue weighted by Crippen LogP contribution is 2.29. The molecule has 0 aliphatic carbocycles. The molecule has 1 unspecified atom stereocenters. The average Bonchev–Trinajstić information content (AvgIpc) is 2.90. The maximum absolute atomic E-state index is 12.7. The molecule has 1 aliphatic rings. The Morgan fingerprint density at radius 3 is 2.54 bits per heavy atom. The summed E-state index contributed by atoms with van der Waals surface area (Å²) in [7, 11) is 0. The molecule has 134 valence electrons. The van der Waals surface area contributed by atoms with Crippen LogP contribution in [0.3, 0.4) is 0 Å². The summed E-state index contributed by atoms with van der Waals surface area (Å²) in [4.78, 5) is 37.0. The van der Waals surface area contributed by atoms with Crippen LogP contribution in [0.1, 0.15) is 23.7 Å². The second-order valence-electron chi connectivity index (χ2n) is 5.75. The first kappa shape index (κ1) is 17.5. The molecule has 1 aliphatic heterocycles. The number of nitrogens with zero attached hydrogens (tertiary/aromatic N) is 1. The number of carbonyl (C=O) groups is 3. The number of imide groups is 1. The Hall–Kier alpha value is -3.35. The lowest BCUT2D eigenvalue weighted by Crippen LogP contribution is -2.34. The van der Waals surface area contributed by atoms with E-state index >= 15 is 0 Å². The summed E-state index contributed by atoms with van der Waals surface area (Å²) in [5, 5.41) is 12.0. The van der Waals surface area contributed by atoms with Crippen LogP contribution in [-0.4, -0.2) is 35.5 Å². The predicted octanol–water partition coefficient (Wildman–Crippen LogP) is 2.53. The largest absolute Gasteiger partial charge is 0.492 e. The van der Waals surface area contributed by atoms with Gasteiger partial charge in [-0.25, -0.2) is 9.69 Å². The number of amides is 2. The Morgan fingerprint density at radius 1 is 1.19 bits per heavy atom. The number of benzene rings is 2. The smallest absolute Gasteiger partial charge is 0.335 e. The van der Waals surface area contributed by atoms with Gasteiger partial charge in [-0.05, 0) is 43.3 Å². The molecule has 1 heterocycles. The zero-order chi connectivity index (χ0) is 18.7. The van der Waals surface area contributed by atoms with E-state index in [4.69, 9.17) is 9.84 Å². The normalized spacial score (nSPS) is 16.7. The van der Waals surface area contributed by atoms with Gasteiger partial charge in [0.1, 0.15) is 11.8 Å². The standard InChI is InChI=1S/C19H18N2O5/c1-2-26-16-6-4-3-5-14(16)20-15-11-17(22)21(18(15)23)13-9-7-12(8-10-13)19(24)25/h3-10,15,20H,2,11H2,1H3,(H,24,25). The molecule has 3 rings (SSSR count). The number of hydrogen-bond acceptors (Lipinski definition) is 5. The second-order valence-corrected chi connectivity index (χ2v) is 5.75. The number of ether oxygens (including phenoxy) is 1. The SMILES string of the molecule is CCOc1ccccc1NC1CC(=O)N(c2ccc(C(=O)O)cc2)C1=O. The molecule has 2 aromatic carbocycles. The van der Waals surface area contributed by atoms with Gasteiger partial charge in [-0.15, -0.1) is 0 Å². The van der Waals surface area contributed by atoms with Gasteiger partial charge in [-0.1, -0.05) is 12.1 Å². The average molecular weight is 354 g/mol. The van der Waals surface area contributed by atoms with Crippen molar-refractivity contribution in [2.24, 2.45) is 0 Å². The van der Waals surface area contributed by atoms with Crippen LogP contribution < -0.4 is 15.0 Å². The van der Waals surface area contributed by atoms with Crippen molar-refractivity contribution in [2.45, 2.75) is 19.4 Å². The van der Waals surface area contributed by atoms with Gasteiger partial charge in [0.05, 0.1) is 30.0 Å². The first-order chi connectivity index (χ1) is 12.5. The highest BCUT2D eigenvalue weighted by atomic mass is 16.5. The lowest BCUT2D eigenvalue weighted by molar-refractivity contribution is -0.121. The van der Waals surface area contributed by atoms with Crippen molar-refractivity contribution >= 4 is 29.2 Å². The van der Waals surface area contributed by atoms with E-state index in [1.165, 1.54) is 24.3 Å². The van der Waals surface area contributed by atoms with Crippen molar-refractivity contribution < 1.29 is 24.2 Å². The van der Waals surface area contributed by atoms with Crippen molar-refractivity contribution in [3.05, 3.63) is 54.1 Å². The van der Waals surface area contributed by atoms with Crippen LogP contribution in [0.5, 0.6) is 5.75 Å². The minimum Gasteiger partial charge on any atom is -0.492 e. The fourth-order valence-electron chi connectivity index (χ4n) is 2.82. The van der Waals surface area contributed by atoms with E-state index in [1.807, 2.05) is 19.1 Å². The Morgan fingerprint density at radius 2 is 1.88 bits per heavy atom. The Bertz CT molecular complexity index is 847. The van der Waals surface area contributed by atoms with E-state index < -0.39 is 12.0 Å². The minimum atomic E-state index is -1.07. The van der Waals surface area contributed by atoms with Crippen molar-refractivity contribution in [3.63, 3.8) is 0 Å². The first-order valence-corrected chi connectivity index (χ1v) is 8.19. The van der Waals surface area contributed by atoms with Crippen molar-refractivity contribution in [1.82, 2.24) is 0 Å². The maximum atomic E-state index is 12.7. The van der Waals surface area contributed by atoms with E-state index in [2.05, 4.69) is 5.32 Å². The van der Waals surface area contributed by atoms with Crippen LogP contribution in [0.2, 0.25) is 0 Å². The third kappa shape index (κ3) is 3.37. The molecule has 0 radical (unpaired) electrons. The second kappa shape index (κ2) is 7.26. The summed E-state index contributed by atoms with van der Waals surface area (Å²) in [6.45, 7) is 2.35. The quantitative estimate of drug-likeness (QED) is 0.774. The predicted molar refractivity (Wildman–Crippen MR) is 95.5 cm³/mol. The van der Waals surface area contributed by atoms with Gasteiger partial charge in [-0.2, -0.15) is 0 Å². The molecule has 2 N–H and O–H groups in total. The van der Waals surface area contributed by atoms with Crippen molar-refractivity contribution in [3.8, 4) is 5.75 Å².